The highest BCUT2D eigenvalue weighted by Gasteiger charge is 2.04. The molecule has 0 saturated carbocycles. The van der Waals surface area contributed by atoms with E-state index in [4.69, 9.17) is 4.74 Å². The Bertz CT molecular complexity index is 746. The number of phenolic OH excluding ortho intramolecular Hbond substituents is 1. The summed E-state index contributed by atoms with van der Waals surface area (Å²) < 4.78 is 18.5. The average molecular weight is 256 g/mol. The van der Waals surface area contributed by atoms with Crippen molar-refractivity contribution in [2.24, 2.45) is 0 Å². The predicted octanol–water partition coefficient (Wildman–Crippen LogP) is 3.27. The molecule has 0 amide bonds. The zero-order chi connectivity index (χ0) is 13.2. The summed E-state index contributed by atoms with van der Waals surface area (Å²) in [7, 11) is 0. The summed E-state index contributed by atoms with van der Waals surface area (Å²) in [6, 6.07) is 10.5. The van der Waals surface area contributed by atoms with Gasteiger partial charge in [0, 0.05) is 12.1 Å². The fraction of sp³-hybridized carbons (Fsp3) is 0. The molecule has 0 saturated heterocycles. The lowest BCUT2D eigenvalue weighted by molar-refractivity contribution is 0.445. The molecule has 2 aromatic carbocycles. The van der Waals surface area contributed by atoms with E-state index in [0.29, 0.717) is 16.8 Å². The van der Waals surface area contributed by atoms with E-state index in [-0.39, 0.29) is 17.4 Å². The second-order valence-corrected chi connectivity index (χ2v) is 3.94. The lowest BCUT2D eigenvalue weighted by Crippen LogP contribution is -1.91. The van der Waals surface area contributed by atoms with Crippen LogP contribution in [0.5, 0.6) is 17.4 Å². The summed E-state index contributed by atoms with van der Waals surface area (Å²) in [5.74, 6) is 0.484. The van der Waals surface area contributed by atoms with Gasteiger partial charge in [-0.15, -0.1) is 0 Å². The summed E-state index contributed by atoms with van der Waals surface area (Å²) in [6.45, 7) is 0. The van der Waals surface area contributed by atoms with E-state index in [9.17, 15) is 9.50 Å². The Balaban J connectivity index is 1.95. The highest BCUT2D eigenvalue weighted by atomic mass is 19.1. The number of aromatic nitrogens is 2. The van der Waals surface area contributed by atoms with Crippen LogP contribution in [0.4, 0.5) is 4.39 Å². The highest BCUT2D eigenvalue weighted by molar-refractivity contribution is 5.74. The topological polar surface area (TPSA) is 55.2 Å². The third-order valence-corrected chi connectivity index (χ3v) is 2.52. The first-order chi connectivity index (χ1) is 9.20. The van der Waals surface area contributed by atoms with Crippen LogP contribution in [0.2, 0.25) is 0 Å². The van der Waals surface area contributed by atoms with Crippen LogP contribution in [0.25, 0.3) is 11.0 Å². The molecule has 1 N–H and O–H groups in total. The molecule has 94 valence electrons. The standard InChI is InChI=1S/C14H9FN2O2/c15-9-4-5-12-13(6-9)16-8-14(17-12)19-11-3-1-2-10(18)7-11/h1-8,18H. The summed E-state index contributed by atoms with van der Waals surface area (Å²) in [5.41, 5.74) is 1.00. The van der Waals surface area contributed by atoms with E-state index in [2.05, 4.69) is 9.97 Å². The van der Waals surface area contributed by atoms with Gasteiger partial charge in [-0.3, -0.25) is 0 Å². The van der Waals surface area contributed by atoms with Gasteiger partial charge >= 0.3 is 0 Å². The van der Waals surface area contributed by atoms with Gasteiger partial charge in [0.25, 0.3) is 0 Å². The lowest BCUT2D eigenvalue weighted by Gasteiger charge is -2.05. The van der Waals surface area contributed by atoms with Gasteiger partial charge in [0.05, 0.1) is 17.2 Å². The number of benzene rings is 2. The van der Waals surface area contributed by atoms with Gasteiger partial charge in [0.15, 0.2) is 0 Å². The lowest BCUT2D eigenvalue weighted by atomic mass is 10.3. The third-order valence-electron chi connectivity index (χ3n) is 2.52. The molecule has 4 nitrogen and oxygen atoms in total. The van der Waals surface area contributed by atoms with Crippen molar-refractivity contribution in [3.05, 3.63) is 54.5 Å². The van der Waals surface area contributed by atoms with Crippen LogP contribution in [-0.4, -0.2) is 15.1 Å². The molecule has 3 rings (SSSR count). The first-order valence-electron chi connectivity index (χ1n) is 5.60. The minimum atomic E-state index is -0.358. The van der Waals surface area contributed by atoms with Gasteiger partial charge in [0.2, 0.25) is 5.88 Å². The third kappa shape index (κ3) is 2.44. The molecule has 5 heteroatoms. The van der Waals surface area contributed by atoms with Crippen molar-refractivity contribution >= 4 is 11.0 Å². The van der Waals surface area contributed by atoms with Crippen molar-refractivity contribution in [2.45, 2.75) is 0 Å². The average Bonchev–Trinajstić information content (AvgIpc) is 2.39. The Morgan fingerprint density at radius 1 is 1.05 bits per heavy atom. The predicted molar refractivity (Wildman–Crippen MR) is 67.7 cm³/mol. The zero-order valence-corrected chi connectivity index (χ0v) is 9.75. The molecule has 0 fully saturated rings. The second-order valence-electron chi connectivity index (χ2n) is 3.94. The van der Waals surface area contributed by atoms with Crippen molar-refractivity contribution in [2.75, 3.05) is 0 Å². The molecule has 1 aromatic heterocycles. The monoisotopic (exact) mass is 256 g/mol. The molecule has 0 radical (unpaired) electrons. The van der Waals surface area contributed by atoms with Crippen LogP contribution in [0, 0.1) is 5.82 Å². The van der Waals surface area contributed by atoms with Gasteiger partial charge in [-0.2, -0.15) is 0 Å². The number of hydrogen-bond donors (Lipinski definition) is 1. The van der Waals surface area contributed by atoms with E-state index in [1.54, 1.807) is 18.2 Å². The van der Waals surface area contributed by atoms with E-state index < -0.39 is 0 Å². The van der Waals surface area contributed by atoms with Crippen molar-refractivity contribution in [1.29, 1.82) is 0 Å². The maximum atomic E-state index is 13.0. The first-order valence-corrected chi connectivity index (χ1v) is 5.60. The van der Waals surface area contributed by atoms with Crippen molar-refractivity contribution in [3.8, 4) is 17.4 Å². The molecule has 0 atom stereocenters. The van der Waals surface area contributed by atoms with Gasteiger partial charge < -0.3 is 9.84 Å². The Morgan fingerprint density at radius 2 is 1.95 bits per heavy atom. The molecule has 0 aliphatic rings. The summed E-state index contributed by atoms with van der Waals surface area (Å²) in [4.78, 5) is 8.28. The molecule has 1 heterocycles. The van der Waals surface area contributed by atoms with E-state index in [0.717, 1.165) is 0 Å². The molecule has 0 bridgehead atoms. The summed E-state index contributed by atoms with van der Waals surface area (Å²) in [5, 5.41) is 9.34. The Morgan fingerprint density at radius 3 is 2.79 bits per heavy atom. The summed E-state index contributed by atoms with van der Waals surface area (Å²) >= 11 is 0. The van der Waals surface area contributed by atoms with Crippen LogP contribution >= 0.6 is 0 Å². The number of aromatic hydroxyl groups is 1. The Labute approximate surface area is 108 Å². The minimum Gasteiger partial charge on any atom is -0.508 e. The molecule has 3 aromatic rings. The maximum absolute atomic E-state index is 13.0. The number of ether oxygens (including phenoxy) is 1. The van der Waals surface area contributed by atoms with Crippen molar-refractivity contribution < 1.29 is 14.2 Å². The smallest absolute Gasteiger partial charge is 0.238 e. The molecular formula is C14H9FN2O2. The van der Waals surface area contributed by atoms with Crippen LogP contribution in [0.15, 0.2) is 48.7 Å². The number of fused-ring (bicyclic) bond motifs is 1. The number of phenols is 1. The van der Waals surface area contributed by atoms with Crippen LogP contribution in [0.3, 0.4) is 0 Å². The number of rotatable bonds is 2. The van der Waals surface area contributed by atoms with Crippen LogP contribution in [0.1, 0.15) is 0 Å². The van der Waals surface area contributed by atoms with Gasteiger partial charge in [-0.1, -0.05) is 6.07 Å². The molecular weight excluding hydrogens is 247 g/mol. The molecule has 19 heavy (non-hydrogen) atoms. The SMILES string of the molecule is Oc1cccc(Oc2cnc3cc(F)ccc3n2)c1. The Hall–Kier alpha value is -2.69. The van der Waals surface area contributed by atoms with Crippen molar-refractivity contribution in [3.63, 3.8) is 0 Å². The zero-order valence-electron chi connectivity index (χ0n) is 9.75. The molecule has 0 aliphatic heterocycles. The number of halogens is 1. The Kier molecular flexibility index (Phi) is 2.72. The van der Waals surface area contributed by atoms with E-state index >= 15 is 0 Å². The molecule has 0 spiro atoms. The molecule has 0 aliphatic carbocycles. The maximum Gasteiger partial charge on any atom is 0.238 e. The van der Waals surface area contributed by atoms with Gasteiger partial charge in [-0.25, -0.2) is 14.4 Å². The normalized spacial score (nSPS) is 10.6. The molecule has 0 unspecified atom stereocenters. The fourth-order valence-corrected chi connectivity index (χ4v) is 1.68. The number of hydrogen-bond acceptors (Lipinski definition) is 4. The highest BCUT2D eigenvalue weighted by Crippen LogP contribution is 2.24. The second kappa shape index (κ2) is 4.53. The quantitative estimate of drug-likeness (QED) is 0.764. The minimum absolute atomic E-state index is 0.105. The largest absolute Gasteiger partial charge is 0.508 e. The van der Waals surface area contributed by atoms with Gasteiger partial charge in [0.1, 0.15) is 17.3 Å². The van der Waals surface area contributed by atoms with Crippen LogP contribution in [-0.2, 0) is 0 Å². The van der Waals surface area contributed by atoms with Crippen molar-refractivity contribution in [1.82, 2.24) is 9.97 Å². The van der Waals surface area contributed by atoms with Gasteiger partial charge in [-0.05, 0) is 24.3 Å². The number of nitrogens with zero attached hydrogens (tertiary/aromatic N) is 2. The van der Waals surface area contributed by atoms with E-state index in [1.165, 1.54) is 30.5 Å². The first kappa shape index (κ1) is 11.4. The fourth-order valence-electron chi connectivity index (χ4n) is 1.68. The van der Waals surface area contributed by atoms with E-state index in [1.807, 2.05) is 0 Å². The van der Waals surface area contributed by atoms with Crippen LogP contribution < -0.4 is 4.74 Å². The summed E-state index contributed by atoms with van der Waals surface area (Å²) in [6.07, 6.45) is 1.41.